The predicted octanol–water partition coefficient (Wildman–Crippen LogP) is 3.70. The Kier molecular flexibility index (Phi) is 2.72. The van der Waals surface area contributed by atoms with Gasteiger partial charge in [-0.3, -0.25) is 0 Å². The highest BCUT2D eigenvalue weighted by atomic mass is 19.4. The summed E-state index contributed by atoms with van der Waals surface area (Å²) in [4.78, 5) is 0. The van der Waals surface area contributed by atoms with E-state index >= 15 is 0 Å². The highest BCUT2D eigenvalue weighted by Crippen LogP contribution is 2.37. The number of hydrogen-bond donors (Lipinski definition) is 0. The van der Waals surface area contributed by atoms with E-state index < -0.39 is 12.0 Å². The molecule has 0 fully saturated rings. The van der Waals surface area contributed by atoms with E-state index in [0.717, 1.165) is 12.0 Å². The minimum atomic E-state index is -4.68. The summed E-state index contributed by atoms with van der Waals surface area (Å²) in [6, 6.07) is 4.11. The van der Waals surface area contributed by atoms with Crippen LogP contribution in [0.5, 0.6) is 11.5 Å². The van der Waals surface area contributed by atoms with Gasteiger partial charge >= 0.3 is 6.36 Å². The van der Waals surface area contributed by atoms with Gasteiger partial charge < -0.3 is 9.47 Å². The highest BCUT2D eigenvalue weighted by molar-refractivity contribution is 5.46. The minimum absolute atomic E-state index is 0.262. The van der Waals surface area contributed by atoms with Crippen molar-refractivity contribution in [3.8, 4) is 11.5 Å². The zero-order chi connectivity index (χ0) is 12.7. The molecule has 0 spiro atoms. The first kappa shape index (κ1) is 12.1. The first-order valence-electron chi connectivity index (χ1n) is 5.17. The molecule has 0 aliphatic carbocycles. The smallest absolute Gasteiger partial charge is 0.487 e. The molecule has 1 aliphatic heterocycles. The Labute approximate surface area is 97.3 Å². The van der Waals surface area contributed by atoms with Crippen LogP contribution in [0.15, 0.2) is 18.2 Å². The van der Waals surface area contributed by atoms with Crippen molar-refractivity contribution in [2.24, 2.45) is 0 Å². The summed E-state index contributed by atoms with van der Waals surface area (Å²) in [6.07, 6.45) is -2.02. The summed E-state index contributed by atoms with van der Waals surface area (Å²) in [7, 11) is 0. The zero-order valence-corrected chi connectivity index (χ0v) is 9.47. The van der Waals surface area contributed by atoms with Gasteiger partial charge in [-0.25, -0.2) is 0 Å². The van der Waals surface area contributed by atoms with Gasteiger partial charge in [-0.15, -0.1) is 13.2 Å². The van der Waals surface area contributed by atoms with Gasteiger partial charge in [0.1, 0.15) is 17.1 Å². The van der Waals surface area contributed by atoms with E-state index in [9.17, 15) is 13.2 Å². The van der Waals surface area contributed by atoms with Crippen LogP contribution in [0.2, 0.25) is 0 Å². The van der Waals surface area contributed by atoms with Crippen LogP contribution in [0.1, 0.15) is 25.8 Å². The maximum absolute atomic E-state index is 12.1. The molecule has 2 nitrogen and oxygen atoms in total. The quantitative estimate of drug-likeness (QED) is 0.751. The molecule has 1 aromatic carbocycles. The van der Waals surface area contributed by atoms with Crippen LogP contribution in [-0.4, -0.2) is 12.0 Å². The lowest BCUT2D eigenvalue weighted by molar-refractivity contribution is -0.274. The molecule has 0 atom stereocenters. The molecule has 5 heteroatoms. The van der Waals surface area contributed by atoms with Crippen LogP contribution in [-0.2, 0) is 0 Å². The third-order valence-corrected chi connectivity index (χ3v) is 2.42. The Morgan fingerprint density at radius 2 is 2.00 bits per heavy atom. The normalized spacial score (nSPS) is 18.2. The first-order valence-corrected chi connectivity index (χ1v) is 5.17. The maximum atomic E-state index is 12.1. The van der Waals surface area contributed by atoms with Crippen molar-refractivity contribution in [3.63, 3.8) is 0 Å². The summed E-state index contributed by atoms with van der Waals surface area (Å²) in [6.45, 7) is 3.76. The Morgan fingerprint density at radius 1 is 1.29 bits per heavy atom. The molecule has 0 saturated carbocycles. The van der Waals surface area contributed by atoms with Gasteiger partial charge in [-0.2, -0.15) is 0 Å². The zero-order valence-electron chi connectivity index (χ0n) is 9.47. The molecule has 2 rings (SSSR count). The summed E-state index contributed by atoms with van der Waals surface area (Å²) in [5.41, 5.74) is 0.392. The molecule has 0 aromatic heterocycles. The Hall–Kier alpha value is -1.39. The van der Waals surface area contributed by atoms with Gasteiger partial charge in [0.15, 0.2) is 0 Å². The molecule has 0 unspecified atom stereocenters. The molecule has 1 heterocycles. The predicted molar refractivity (Wildman–Crippen MR) is 55.9 cm³/mol. The number of ether oxygens (including phenoxy) is 2. The lowest BCUT2D eigenvalue weighted by atomic mass is 9.94. The minimum Gasteiger partial charge on any atom is -0.487 e. The maximum Gasteiger partial charge on any atom is 0.573 e. The molecule has 0 amide bonds. The number of benzene rings is 1. The van der Waals surface area contributed by atoms with Crippen molar-refractivity contribution in [2.75, 3.05) is 0 Å². The number of hydrogen-bond acceptors (Lipinski definition) is 2. The van der Waals surface area contributed by atoms with E-state index in [0.29, 0.717) is 5.75 Å². The number of halogens is 3. The Balaban J connectivity index is 2.24. The second-order valence-corrected chi connectivity index (χ2v) is 4.52. The SMILES string of the molecule is CC1(C)C[CH]c2ccc(OC(F)(F)F)cc2O1. The summed E-state index contributed by atoms with van der Waals surface area (Å²) in [5.74, 6) is 0.158. The Morgan fingerprint density at radius 3 is 2.65 bits per heavy atom. The molecular formula is C12H12F3O2. The van der Waals surface area contributed by atoms with Crippen LogP contribution < -0.4 is 9.47 Å². The van der Waals surface area contributed by atoms with Crippen LogP contribution >= 0.6 is 0 Å². The first-order chi connectivity index (χ1) is 7.75. The molecule has 17 heavy (non-hydrogen) atoms. The van der Waals surface area contributed by atoms with Gasteiger partial charge in [0.2, 0.25) is 0 Å². The van der Waals surface area contributed by atoms with Crippen molar-refractivity contribution in [3.05, 3.63) is 30.2 Å². The van der Waals surface area contributed by atoms with Gasteiger partial charge in [-0.05, 0) is 38.3 Å². The largest absolute Gasteiger partial charge is 0.573 e. The van der Waals surface area contributed by atoms with Crippen LogP contribution in [0.3, 0.4) is 0 Å². The molecule has 1 aromatic rings. The Bertz CT molecular complexity index is 424. The summed E-state index contributed by atoms with van der Waals surface area (Å²) >= 11 is 0. The molecule has 1 aliphatic rings. The summed E-state index contributed by atoms with van der Waals surface area (Å²) < 4.78 is 45.6. The van der Waals surface area contributed by atoms with Gasteiger partial charge in [0.25, 0.3) is 0 Å². The third kappa shape index (κ3) is 3.05. The number of fused-ring (bicyclic) bond motifs is 1. The van der Waals surface area contributed by atoms with E-state index in [1.54, 1.807) is 6.07 Å². The monoisotopic (exact) mass is 245 g/mol. The van der Waals surface area contributed by atoms with Crippen molar-refractivity contribution in [1.82, 2.24) is 0 Å². The molecule has 93 valence electrons. The number of rotatable bonds is 1. The van der Waals surface area contributed by atoms with Gasteiger partial charge in [0, 0.05) is 6.07 Å². The van der Waals surface area contributed by atoms with Crippen molar-refractivity contribution in [2.45, 2.75) is 32.2 Å². The fourth-order valence-electron chi connectivity index (χ4n) is 1.66. The van der Waals surface area contributed by atoms with Crippen LogP contribution in [0.4, 0.5) is 13.2 Å². The van der Waals surface area contributed by atoms with Gasteiger partial charge in [-0.1, -0.05) is 6.07 Å². The van der Waals surface area contributed by atoms with E-state index in [1.807, 2.05) is 20.3 Å². The van der Waals surface area contributed by atoms with Crippen LogP contribution in [0.25, 0.3) is 0 Å². The fourth-order valence-corrected chi connectivity index (χ4v) is 1.66. The average Bonchev–Trinajstić information content (AvgIpc) is 2.12. The fraction of sp³-hybridized carbons (Fsp3) is 0.417. The molecule has 0 bridgehead atoms. The number of alkyl halides is 3. The lowest BCUT2D eigenvalue weighted by Gasteiger charge is -2.32. The topological polar surface area (TPSA) is 18.5 Å². The van der Waals surface area contributed by atoms with E-state index in [4.69, 9.17) is 4.74 Å². The van der Waals surface area contributed by atoms with Crippen LogP contribution in [0, 0.1) is 6.42 Å². The standard InChI is InChI=1S/C12H12F3O2/c1-11(2)6-5-8-3-4-9(7-10(8)17-11)16-12(13,14)15/h3-5,7H,6H2,1-2H3. The molecular weight excluding hydrogens is 233 g/mol. The highest BCUT2D eigenvalue weighted by Gasteiger charge is 2.32. The van der Waals surface area contributed by atoms with E-state index in [2.05, 4.69) is 4.74 Å². The second-order valence-electron chi connectivity index (χ2n) is 4.52. The van der Waals surface area contributed by atoms with E-state index in [1.165, 1.54) is 12.1 Å². The average molecular weight is 245 g/mol. The molecule has 0 saturated heterocycles. The molecule has 0 N–H and O–H groups in total. The van der Waals surface area contributed by atoms with Crippen molar-refractivity contribution >= 4 is 0 Å². The van der Waals surface area contributed by atoms with E-state index in [-0.39, 0.29) is 5.75 Å². The second kappa shape index (κ2) is 3.82. The summed E-state index contributed by atoms with van der Waals surface area (Å²) in [5, 5.41) is 0. The van der Waals surface area contributed by atoms with Crippen molar-refractivity contribution < 1.29 is 22.6 Å². The third-order valence-electron chi connectivity index (χ3n) is 2.42. The molecule has 1 radical (unpaired) electrons. The van der Waals surface area contributed by atoms with Crippen molar-refractivity contribution in [1.29, 1.82) is 0 Å². The lowest BCUT2D eigenvalue weighted by Crippen LogP contribution is -2.31. The van der Waals surface area contributed by atoms with Gasteiger partial charge in [0.05, 0.1) is 0 Å².